The quantitative estimate of drug-likeness (QED) is 0.645. The summed E-state index contributed by atoms with van der Waals surface area (Å²) in [4.78, 5) is 12.4. The Balaban J connectivity index is 1.57. The van der Waals surface area contributed by atoms with Crippen LogP contribution in [0.25, 0.3) is 0 Å². The van der Waals surface area contributed by atoms with Crippen molar-refractivity contribution >= 4 is 15.9 Å². The lowest BCUT2D eigenvalue weighted by Gasteiger charge is -2.26. The van der Waals surface area contributed by atoms with E-state index < -0.39 is 10.0 Å². The van der Waals surface area contributed by atoms with Crippen molar-refractivity contribution in [3.8, 4) is 0 Å². The maximum absolute atomic E-state index is 12.8. The van der Waals surface area contributed by atoms with E-state index in [0.717, 1.165) is 17.5 Å². The van der Waals surface area contributed by atoms with Crippen molar-refractivity contribution in [1.29, 1.82) is 0 Å². The summed E-state index contributed by atoms with van der Waals surface area (Å²) < 4.78 is 32.3. The maximum atomic E-state index is 12.8. The zero-order valence-electron chi connectivity index (χ0n) is 18.3. The van der Waals surface area contributed by atoms with Gasteiger partial charge in [0.25, 0.3) is 0 Å². The lowest BCUT2D eigenvalue weighted by atomic mass is 10.0. The van der Waals surface area contributed by atoms with Gasteiger partial charge in [0.15, 0.2) is 0 Å². The number of nitrogens with zero attached hydrogens (tertiary/aromatic N) is 1. The van der Waals surface area contributed by atoms with Gasteiger partial charge in [-0.15, -0.1) is 0 Å². The number of hydrogen-bond donors (Lipinski definition) is 1. The van der Waals surface area contributed by atoms with Crippen molar-refractivity contribution in [1.82, 2.24) is 9.62 Å². The van der Waals surface area contributed by atoms with E-state index in [2.05, 4.69) is 31.3 Å². The molecule has 3 rings (SSSR count). The number of benzene rings is 2. The third-order valence-corrected chi connectivity index (χ3v) is 7.16. The van der Waals surface area contributed by atoms with Gasteiger partial charge in [-0.05, 0) is 34.6 Å². The van der Waals surface area contributed by atoms with E-state index in [4.69, 9.17) is 4.74 Å². The summed E-state index contributed by atoms with van der Waals surface area (Å²) in [5.41, 5.74) is 3.77. The molecule has 0 aromatic heterocycles. The average molecular weight is 445 g/mol. The lowest BCUT2D eigenvalue weighted by molar-refractivity contribution is -0.120. The van der Waals surface area contributed by atoms with Crippen LogP contribution < -0.4 is 5.32 Å². The lowest BCUT2D eigenvalue weighted by Crippen LogP contribution is -2.41. The molecule has 0 atom stereocenters. The molecule has 1 N–H and O–H groups in total. The van der Waals surface area contributed by atoms with Crippen molar-refractivity contribution in [2.45, 2.75) is 39.0 Å². The van der Waals surface area contributed by atoms with Crippen molar-refractivity contribution in [2.24, 2.45) is 5.92 Å². The van der Waals surface area contributed by atoms with E-state index in [1.807, 2.05) is 36.4 Å². The fourth-order valence-corrected chi connectivity index (χ4v) is 5.25. The molecule has 2 aromatic carbocycles. The summed E-state index contributed by atoms with van der Waals surface area (Å²) in [6, 6.07) is 15.5. The highest BCUT2D eigenvalue weighted by molar-refractivity contribution is 7.88. The molecule has 31 heavy (non-hydrogen) atoms. The van der Waals surface area contributed by atoms with E-state index in [1.54, 1.807) is 0 Å². The number of amides is 1. The van der Waals surface area contributed by atoms with Gasteiger partial charge in [-0.3, -0.25) is 4.79 Å². The van der Waals surface area contributed by atoms with Crippen molar-refractivity contribution < 1.29 is 17.9 Å². The Morgan fingerprint density at radius 3 is 2.26 bits per heavy atom. The minimum Gasteiger partial charge on any atom is -0.379 e. The van der Waals surface area contributed by atoms with Gasteiger partial charge in [-0.25, -0.2) is 8.42 Å². The Morgan fingerprint density at radius 2 is 1.61 bits per heavy atom. The van der Waals surface area contributed by atoms with Crippen LogP contribution in [0.15, 0.2) is 48.5 Å². The molecule has 2 aromatic rings. The predicted octanol–water partition coefficient (Wildman–Crippen LogP) is 2.91. The van der Waals surface area contributed by atoms with Gasteiger partial charge in [-0.2, -0.15) is 4.31 Å². The van der Waals surface area contributed by atoms with Crippen LogP contribution in [-0.2, 0) is 44.7 Å². The Labute approximate surface area is 185 Å². The van der Waals surface area contributed by atoms with Crippen molar-refractivity contribution in [2.75, 3.05) is 26.3 Å². The topological polar surface area (TPSA) is 75.7 Å². The number of morpholine rings is 1. The molecule has 1 saturated heterocycles. The van der Waals surface area contributed by atoms with Crippen LogP contribution in [0.5, 0.6) is 0 Å². The van der Waals surface area contributed by atoms with Gasteiger partial charge in [-0.1, -0.05) is 62.4 Å². The monoisotopic (exact) mass is 444 g/mol. The Morgan fingerprint density at radius 1 is 1.00 bits per heavy atom. The van der Waals surface area contributed by atoms with Crippen LogP contribution >= 0.6 is 0 Å². The summed E-state index contributed by atoms with van der Waals surface area (Å²) in [5.74, 6) is 0.444. The van der Waals surface area contributed by atoms with E-state index in [9.17, 15) is 13.2 Å². The van der Waals surface area contributed by atoms with Gasteiger partial charge in [0, 0.05) is 19.6 Å². The third-order valence-electron chi connectivity index (χ3n) is 5.33. The zero-order chi connectivity index (χ0) is 22.3. The highest BCUT2D eigenvalue weighted by atomic mass is 32.2. The molecule has 0 aliphatic carbocycles. The van der Waals surface area contributed by atoms with Crippen LogP contribution in [0.3, 0.4) is 0 Å². The van der Waals surface area contributed by atoms with Crippen LogP contribution in [0.4, 0.5) is 0 Å². The fraction of sp³-hybridized carbons (Fsp3) is 0.458. The first kappa shape index (κ1) is 23.4. The van der Waals surface area contributed by atoms with Crippen LogP contribution in [-0.4, -0.2) is 44.9 Å². The minimum atomic E-state index is -3.42. The number of carbonyl (C=O) groups excluding carboxylic acids is 1. The molecule has 0 saturated carbocycles. The standard InChI is InChI=1S/C24H32N2O4S/c1-19(2)15-20-7-9-21(10-8-20)16-24(27)25-17-22-5-3-4-6-23(22)18-31(28,29)26-11-13-30-14-12-26/h3-10,19H,11-18H2,1-2H3,(H,25,27). The molecule has 1 amide bonds. The average Bonchev–Trinajstić information content (AvgIpc) is 2.74. The normalized spacial score (nSPS) is 15.2. The molecule has 1 aliphatic rings. The van der Waals surface area contributed by atoms with Gasteiger partial charge in [0.2, 0.25) is 15.9 Å². The zero-order valence-corrected chi connectivity index (χ0v) is 19.2. The molecule has 0 bridgehead atoms. The summed E-state index contributed by atoms with van der Waals surface area (Å²) in [7, 11) is -3.42. The maximum Gasteiger partial charge on any atom is 0.224 e. The molecule has 7 heteroatoms. The predicted molar refractivity (Wildman–Crippen MR) is 122 cm³/mol. The second kappa shape index (κ2) is 10.9. The Hall–Kier alpha value is -2.22. The van der Waals surface area contributed by atoms with Gasteiger partial charge < -0.3 is 10.1 Å². The molecule has 6 nitrogen and oxygen atoms in total. The fourth-order valence-electron chi connectivity index (χ4n) is 3.69. The van der Waals surface area contributed by atoms with E-state index >= 15 is 0 Å². The summed E-state index contributed by atoms with van der Waals surface area (Å²) in [6.07, 6.45) is 1.33. The molecule has 0 radical (unpaired) electrons. The number of carbonyl (C=O) groups is 1. The molecule has 0 spiro atoms. The Bertz CT molecular complexity index is 965. The van der Waals surface area contributed by atoms with Crippen molar-refractivity contribution in [3.63, 3.8) is 0 Å². The first-order valence-corrected chi connectivity index (χ1v) is 12.4. The van der Waals surface area contributed by atoms with Crippen LogP contribution in [0.1, 0.15) is 36.1 Å². The molecule has 0 unspecified atom stereocenters. The molecule has 168 valence electrons. The van der Waals surface area contributed by atoms with Crippen molar-refractivity contribution in [3.05, 3.63) is 70.8 Å². The summed E-state index contributed by atoms with van der Waals surface area (Å²) >= 11 is 0. The SMILES string of the molecule is CC(C)Cc1ccc(CC(=O)NCc2ccccc2CS(=O)(=O)N2CCOCC2)cc1. The van der Waals surface area contributed by atoms with Gasteiger partial charge in [0.1, 0.15) is 0 Å². The second-order valence-electron chi connectivity index (χ2n) is 8.40. The highest BCUT2D eigenvalue weighted by Crippen LogP contribution is 2.17. The summed E-state index contributed by atoms with van der Waals surface area (Å²) in [6.45, 7) is 6.30. The number of nitrogens with one attached hydrogen (secondary N) is 1. The van der Waals surface area contributed by atoms with E-state index in [-0.39, 0.29) is 11.7 Å². The molecular formula is C24H32N2O4S. The molecule has 1 fully saturated rings. The highest BCUT2D eigenvalue weighted by Gasteiger charge is 2.25. The smallest absolute Gasteiger partial charge is 0.224 e. The number of sulfonamides is 1. The van der Waals surface area contributed by atoms with E-state index in [0.29, 0.717) is 50.8 Å². The first-order valence-electron chi connectivity index (χ1n) is 10.8. The van der Waals surface area contributed by atoms with Crippen LogP contribution in [0.2, 0.25) is 0 Å². The molecule has 1 aliphatic heterocycles. The van der Waals surface area contributed by atoms with E-state index in [1.165, 1.54) is 9.87 Å². The molecule has 1 heterocycles. The Kier molecular flexibility index (Phi) is 8.23. The van der Waals surface area contributed by atoms with Gasteiger partial charge in [0.05, 0.1) is 25.4 Å². The summed E-state index contributed by atoms with van der Waals surface area (Å²) in [5, 5.41) is 2.93. The molecular weight excluding hydrogens is 412 g/mol. The third kappa shape index (κ3) is 7.16. The largest absolute Gasteiger partial charge is 0.379 e. The first-order chi connectivity index (χ1) is 14.8. The number of rotatable bonds is 9. The van der Waals surface area contributed by atoms with Gasteiger partial charge >= 0.3 is 0 Å². The minimum absolute atomic E-state index is 0.0731. The number of ether oxygens (including phenoxy) is 1. The second-order valence-corrected chi connectivity index (χ2v) is 10.4. The van der Waals surface area contributed by atoms with Crippen LogP contribution in [0, 0.1) is 5.92 Å². The number of hydrogen-bond acceptors (Lipinski definition) is 4.